The third-order valence-corrected chi connectivity index (χ3v) is 3.71. The van der Waals surface area contributed by atoms with Gasteiger partial charge in [-0.1, -0.05) is 24.3 Å². The summed E-state index contributed by atoms with van der Waals surface area (Å²) in [4.78, 5) is 0. The van der Waals surface area contributed by atoms with E-state index in [0.717, 1.165) is 22.1 Å². The number of halogens is 3. The highest BCUT2D eigenvalue weighted by molar-refractivity contribution is 5.84. The van der Waals surface area contributed by atoms with Gasteiger partial charge in [-0.15, -0.1) is 0 Å². The minimum Gasteiger partial charge on any atom is -0.497 e. The van der Waals surface area contributed by atoms with Gasteiger partial charge in [0.15, 0.2) is 0 Å². The molecule has 2 aromatic rings. The van der Waals surface area contributed by atoms with Gasteiger partial charge in [-0.2, -0.15) is 13.2 Å². The summed E-state index contributed by atoms with van der Waals surface area (Å²) in [6, 6.07) is 11.1. The Morgan fingerprint density at radius 3 is 2.37 bits per heavy atom. The zero-order chi connectivity index (χ0) is 13.6. The van der Waals surface area contributed by atoms with Crippen LogP contribution in [0.1, 0.15) is 17.9 Å². The number of fused-ring (bicyclic) bond motifs is 1. The van der Waals surface area contributed by atoms with Gasteiger partial charge in [0.05, 0.1) is 13.0 Å². The van der Waals surface area contributed by atoms with E-state index >= 15 is 0 Å². The molecule has 2 aromatic carbocycles. The lowest BCUT2D eigenvalue weighted by molar-refractivity contribution is -0.148. The quantitative estimate of drug-likeness (QED) is 0.776. The van der Waals surface area contributed by atoms with E-state index in [1.54, 1.807) is 13.2 Å². The summed E-state index contributed by atoms with van der Waals surface area (Å²) in [5, 5.41) is 1.93. The molecule has 19 heavy (non-hydrogen) atoms. The summed E-state index contributed by atoms with van der Waals surface area (Å²) in [6.07, 6.45) is -3.86. The second-order valence-corrected chi connectivity index (χ2v) is 4.96. The molecule has 0 aliphatic heterocycles. The maximum absolute atomic E-state index is 12.6. The molecule has 3 rings (SSSR count). The Labute approximate surface area is 109 Å². The summed E-state index contributed by atoms with van der Waals surface area (Å²) in [5.74, 6) is -0.783. The van der Waals surface area contributed by atoms with Gasteiger partial charge in [0.1, 0.15) is 5.75 Å². The van der Waals surface area contributed by atoms with Crippen LogP contribution in [0.15, 0.2) is 36.4 Å². The molecule has 0 aromatic heterocycles. The van der Waals surface area contributed by atoms with Gasteiger partial charge in [0.25, 0.3) is 0 Å². The Kier molecular flexibility index (Phi) is 2.69. The zero-order valence-corrected chi connectivity index (χ0v) is 10.4. The van der Waals surface area contributed by atoms with Crippen molar-refractivity contribution in [2.75, 3.05) is 7.11 Å². The van der Waals surface area contributed by atoms with Crippen LogP contribution >= 0.6 is 0 Å². The standard InChI is InChI=1S/C15H13F3O/c1-19-12-5-4-9-6-11(3-2-10(9)7-12)13-8-14(13)15(16,17)18/h2-7,13-14H,8H2,1H3/t13-,14+/m0/s1. The van der Waals surface area contributed by atoms with Gasteiger partial charge in [-0.3, -0.25) is 0 Å². The summed E-state index contributed by atoms with van der Waals surface area (Å²) in [6.45, 7) is 0. The van der Waals surface area contributed by atoms with Crippen molar-refractivity contribution in [3.05, 3.63) is 42.0 Å². The number of hydrogen-bond donors (Lipinski definition) is 0. The Morgan fingerprint density at radius 1 is 1.05 bits per heavy atom. The zero-order valence-electron chi connectivity index (χ0n) is 10.4. The molecule has 1 fully saturated rings. The molecule has 0 amide bonds. The van der Waals surface area contributed by atoms with E-state index in [9.17, 15) is 13.2 Å². The Balaban J connectivity index is 1.91. The van der Waals surface area contributed by atoms with Gasteiger partial charge in [-0.05, 0) is 40.8 Å². The van der Waals surface area contributed by atoms with E-state index in [0.29, 0.717) is 0 Å². The summed E-state index contributed by atoms with van der Waals surface area (Å²) in [5.41, 5.74) is 0.778. The number of methoxy groups -OCH3 is 1. The summed E-state index contributed by atoms with van der Waals surface area (Å²) >= 11 is 0. The van der Waals surface area contributed by atoms with Crippen molar-refractivity contribution in [1.29, 1.82) is 0 Å². The molecule has 1 nitrogen and oxygen atoms in total. The molecule has 4 heteroatoms. The van der Waals surface area contributed by atoms with Crippen LogP contribution in [0.4, 0.5) is 13.2 Å². The van der Waals surface area contributed by atoms with Crippen LogP contribution in [0.2, 0.25) is 0 Å². The molecule has 0 N–H and O–H groups in total. The molecule has 100 valence electrons. The highest BCUT2D eigenvalue weighted by Crippen LogP contribution is 2.56. The van der Waals surface area contributed by atoms with E-state index in [2.05, 4.69) is 0 Å². The summed E-state index contributed by atoms with van der Waals surface area (Å²) < 4.78 is 42.8. The van der Waals surface area contributed by atoms with Crippen molar-refractivity contribution in [1.82, 2.24) is 0 Å². The van der Waals surface area contributed by atoms with Crippen molar-refractivity contribution < 1.29 is 17.9 Å². The molecular formula is C15H13F3O. The lowest BCUT2D eigenvalue weighted by atomic mass is 10.0. The normalized spacial score (nSPS) is 22.5. The van der Waals surface area contributed by atoms with Gasteiger partial charge in [0.2, 0.25) is 0 Å². The molecule has 1 saturated carbocycles. The second kappa shape index (κ2) is 4.15. The average molecular weight is 266 g/mol. The van der Waals surface area contributed by atoms with E-state index in [4.69, 9.17) is 4.74 Å². The number of hydrogen-bond acceptors (Lipinski definition) is 1. The van der Waals surface area contributed by atoms with Crippen LogP contribution in [-0.2, 0) is 0 Å². The first kappa shape index (κ1) is 12.3. The SMILES string of the molecule is COc1ccc2cc([C@@H]3C[C@H]3C(F)(F)F)ccc2c1. The average Bonchev–Trinajstić information content (AvgIpc) is 3.17. The van der Waals surface area contributed by atoms with Crippen LogP contribution in [-0.4, -0.2) is 13.3 Å². The summed E-state index contributed by atoms with van der Waals surface area (Å²) in [7, 11) is 1.59. The fourth-order valence-electron chi connectivity index (χ4n) is 2.53. The van der Waals surface area contributed by atoms with Crippen molar-refractivity contribution >= 4 is 10.8 Å². The smallest absolute Gasteiger partial charge is 0.392 e. The van der Waals surface area contributed by atoms with Crippen LogP contribution in [0.3, 0.4) is 0 Å². The third kappa shape index (κ3) is 2.27. The maximum atomic E-state index is 12.6. The molecule has 2 atom stereocenters. The third-order valence-electron chi connectivity index (χ3n) is 3.71. The van der Waals surface area contributed by atoms with Gasteiger partial charge >= 0.3 is 6.18 Å². The molecular weight excluding hydrogens is 253 g/mol. The second-order valence-electron chi connectivity index (χ2n) is 4.96. The molecule has 1 aliphatic carbocycles. The first-order valence-corrected chi connectivity index (χ1v) is 6.13. The largest absolute Gasteiger partial charge is 0.497 e. The number of alkyl halides is 3. The predicted octanol–water partition coefficient (Wildman–Crippen LogP) is 4.51. The molecule has 0 saturated heterocycles. The highest BCUT2D eigenvalue weighted by atomic mass is 19.4. The molecule has 0 spiro atoms. The lowest BCUT2D eigenvalue weighted by Crippen LogP contribution is -2.11. The lowest BCUT2D eigenvalue weighted by Gasteiger charge is -2.07. The molecule has 0 heterocycles. The van der Waals surface area contributed by atoms with E-state index in [-0.39, 0.29) is 12.3 Å². The van der Waals surface area contributed by atoms with E-state index < -0.39 is 12.1 Å². The Bertz CT molecular complexity index is 618. The Hall–Kier alpha value is -1.71. The fourth-order valence-corrected chi connectivity index (χ4v) is 2.53. The van der Waals surface area contributed by atoms with Gasteiger partial charge in [-0.25, -0.2) is 0 Å². The molecule has 1 aliphatic rings. The Morgan fingerprint density at radius 2 is 1.74 bits per heavy atom. The van der Waals surface area contributed by atoms with Crippen molar-refractivity contribution in [2.45, 2.75) is 18.5 Å². The highest BCUT2D eigenvalue weighted by Gasteiger charge is 2.56. The van der Waals surface area contributed by atoms with E-state index in [1.807, 2.05) is 30.3 Å². The van der Waals surface area contributed by atoms with Gasteiger partial charge < -0.3 is 4.74 Å². The maximum Gasteiger partial charge on any atom is 0.392 e. The fraction of sp³-hybridized carbons (Fsp3) is 0.333. The number of benzene rings is 2. The minimum atomic E-state index is -4.07. The van der Waals surface area contributed by atoms with Crippen molar-refractivity contribution in [3.8, 4) is 5.75 Å². The van der Waals surface area contributed by atoms with Gasteiger partial charge in [0, 0.05) is 0 Å². The molecule has 0 bridgehead atoms. The number of ether oxygens (including phenoxy) is 1. The molecule has 0 unspecified atom stereocenters. The number of rotatable bonds is 2. The van der Waals surface area contributed by atoms with E-state index in [1.165, 1.54) is 0 Å². The first-order chi connectivity index (χ1) is 8.99. The monoisotopic (exact) mass is 266 g/mol. The topological polar surface area (TPSA) is 9.23 Å². The van der Waals surface area contributed by atoms with Crippen molar-refractivity contribution in [2.24, 2.45) is 5.92 Å². The van der Waals surface area contributed by atoms with Crippen LogP contribution in [0.25, 0.3) is 10.8 Å². The van der Waals surface area contributed by atoms with Crippen LogP contribution in [0.5, 0.6) is 5.75 Å². The van der Waals surface area contributed by atoms with Crippen LogP contribution < -0.4 is 4.74 Å². The first-order valence-electron chi connectivity index (χ1n) is 6.13. The minimum absolute atomic E-state index is 0.213. The van der Waals surface area contributed by atoms with Crippen molar-refractivity contribution in [3.63, 3.8) is 0 Å². The molecule has 0 radical (unpaired) electrons. The predicted molar refractivity (Wildman–Crippen MR) is 67.4 cm³/mol. The van der Waals surface area contributed by atoms with Crippen LogP contribution in [0, 0.1) is 5.92 Å².